The molecule has 0 spiro atoms. The third kappa shape index (κ3) is 3.11. The molecule has 4 heteroatoms. The lowest BCUT2D eigenvalue weighted by atomic mass is 10.1. The van der Waals surface area contributed by atoms with Crippen LogP contribution >= 0.6 is 0 Å². The molecule has 0 saturated carbocycles. The summed E-state index contributed by atoms with van der Waals surface area (Å²) in [6.45, 7) is 3.62. The summed E-state index contributed by atoms with van der Waals surface area (Å²) in [5.74, 6) is 1.75. The highest BCUT2D eigenvalue weighted by Crippen LogP contribution is 2.14. The highest BCUT2D eigenvalue weighted by Gasteiger charge is 2.02. The van der Waals surface area contributed by atoms with Crippen LogP contribution in [-0.4, -0.2) is 21.3 Å². The van der Waals surface area contributed by atoms with Crippen molar-refractivity contribution in [1.29, 1.82) is 0 Å². The van der Waals surface area contributed by atoms with E-state index in [1.54, 1.807) is 6.20 Å². The van der Waals surface area contributed by atoms with Crippen LogP contribution in [0.1, 0.15) is 18.3 Å². The molecule has 1 aromatic carbocycles. The first kappa shape index (κ1) is 12.6. The van der Waals surface area contributed by atoms with Crippen LogP contribution in [0.5, 0.6) is 5.75 Å². The Hall–Kier alpha value is -1.81. The lowest BCUT2D eigenvalue weighted by molar-refractivity contribution is 0.289. The van der Waals surface area contributed by atoms with E-state index in [2.05, 4.69) is 16.5 Å². The zero-order valence-electron chi connectivity index (χ0n) is 10.5. The number of imidazole rings is 1. The molecule has 0 aliphatic carbocycles. The Kier molecular flexibility index (Phi) is 4.36. The third-order valence-electron chi connectivity index (χ3n) is 2.83. The first-order valence-corrected chi connectivity index (χ1v) is 6.16. The summed E-state index contributed by atoms with van der Waals surface area (Å²) >= 11 is 0. The molecule has 0 amide bonds. The second kappa shape index (κ2) is 6.21. The van der Waals surface area contributed by atoms with Crippen LogP contribution in [0.15, 0.2) is 36.7 Å². The van der Waals surface area contributed by atoms with Crippen LogP contribution in [0.25, 0.3) is 0 Å². The van der Waals surface area contributed by atoms with Crippen molar-refractivity contribution in [2.45, 2.75) is 26.5 Å². The number of aliphatic hydroxyl groups excluding tert-OH is 1. The van der Waals surface area contributed by atoms with Gasteiger partial charge in [0.1, 0.15) is 18.2 Å². The maximum absolute atomic E-state index is 8.83. The van der Waals surface area contributed by atoms with E-state index in [-0.39, 0.29) is 6.61 Å². The van der Waals surface area contributed by atoms with E-state index in [1.165, 1.54) is 0 Å². The van der Waals surface area contributed by atoms with Crippen molar-refractivity contribution in [3.63, 3.8) is 0 Å². The van der Waals surface area contributed by atoms with Crippen LogP contribution in [0, 0.1) is 0 Å². The van der Waals surface area contributed by atoms with E-state index in [0.717, 1.165) is 23.7 Å². The molecule has 1 N–H and O–H groups in total. The lowest BCUT2D eigenvalue weighted by Gasteiger charge is -2.08. The summed E-state index contributed by atoms with van der Waals surface area (Å²) in [6, 6.07) is 7.78. The molecular weight excluding hydrogens is 228 g/mol. The minimum atomic E-state index is 0.175. The normalized spacial score (nSPS) is 10.6. The number of aromatic nitrogens is 2. The molecule has 18 heavy (non-hydrogen) atoms. The van der Waals surface area contributed by atoms with Crippen molar-refractivity contribution in [2.75, 3.05) is 6.61 Å². The molecule has 0 saturated heterocycles. The summed E-state index contributed by atoms with van der Waals surface area (Å²) in [5, 5.41) is 8.83. The molecular formula is C14H18N2O2. The molecule has 1 aromatic heterocycles. The van der Waals surface area contributed by atoms with Crippen LogP contribution in [0.2, 0.25) is 0 Å². The first-order valence-electron chi connectivity index (χ1n) is 6.16. The standard InChI is InChI=1S/C14H18N2O2/c1-2-16-9-8-15-14(16)11-18-13-5-3-12(4-6-13)7-10-17/h3-6,8-9,17H,2,7,10-11H2,1H3. The number of hydrogen-bond donors (Lipinski definition) is 1. The van der Waals surface area contributed by atoms with Crippen LogP contribution < -0.4 is 4.74 Å². The molecule has 0 bridgehead atoms. The summed E-state index contributed by atoms with van der Waals surface area (Å²) in [4.78, 5) is 4.25. The zero-order valence-corrected chi connectivity index (χ0v) is 10.5. The molecule has 0 radical (unpaired) electrons. The predicted octanol–water partition coefficient (Wildman–Crippen LogP) is 2.02. The summed E-state index contributed by atoms with van der Waals surface area (Å²) in [6.07, 6.45) is 4.41. The molecule has 0 atom stereocenters. The molecule has 4 nitrogen and oxygen atoms in total. The highest BCUT2D eigenvalue weighted by molar-refractivity contribution is 5.27. The number of hydrogen-bond acceptors (Lipinski definition) is 3. The van der Waals surface area contributed by atoms with Gasteiger partial charge in [-0.25, -0.2) is 4.98 Å². The fourth-order valence-corrected chi connectivity index (χ4v) is 1.80. The Bertz CT molecular complexity index is 477. The molecule has 0 unspecified atom stereocenters. The molecule has 0 fully saturated rings. The monoisotopic (exact) mass is 246 g/mol. The van der Waals surface area contributed by atoms with Crippen LogP contribution in [0.4, 0.5) is 0 Å². The fourth-order valence-electron chi connectivity index (χ4n) is 1.80. The lowest BCUT2D eigenvalue weighted by Crippen LogP contribution is -2.05. The number of nitrogens with zero attached hydrogens (tertiary/aromatic N) is 2. The maximum Gasteiger partial charge on any atom is 0.146 e. The number of aryl methyl sites for hydroxylation is 1. The molecule has 2 aromatic rings. The average Bonchev–Trinajstić information content (AvgIpc) is 2.86. The van der Waals surface area contributed by atoms with Gasteiger partial charge in [-0.05, 0) is 31.0 Å². The van der Waals surface area contributed by atoms with Gasteiger partial charge in [0.05, 0.1) is 0 Å². The topological polar surface area (TPSA) is 47.3 Å². The van der Waals surface area contributed by atoms with E-state index in [9.17, 15) is 0 Å². The van der Waals surface area contributed by atoms with Crippen LogP contribution in [0.3, 0.4) is 0 Å². The van der Waals surface area contributed by atoms with Crippen molar-refractivity contribution in [1.82, 2.24) is 9.55 Å². The summed E-state index contributed by atoms with van der Waals surface area (Å²) in [5.41, 5.74) is 1.11. The Balaban J connectivity index is 1.94. The number of ether oxygens (including phenoxy) is 1. The van der Waals surface area contributed by atoms with Crippen LogP contribution in [-0.2, 0) is 19.6 Å². The van der Waals surface area contributed by atoms with Gasteiger partial charge in [-0.2, -0.15) is 0 Å². The highest BCUT2D eigenvalue weighted by atomic mass is 16.5. The summed E-state index contributed by atoms with van der Waals surface area (Å²) < 4.78 is 7.74. The van der Waals surface area contributed by atoms with Gasteiger partial charge < -0.3 is 14.4 Å². The first-order chi connectivity index (χ1) is 8.83. The van der Waals surface area contributed by atoms with Crippen molar-refractivity contribution in [3.8, 4) is 5.75 Å². The number of rotatable bonds is 6. The maximum atomic E-state index is 8.83. The SMILES string of the molecule is CCn1ccnc1COc1ccc(CCO)cc1. The second-order valence-corrected chi connectivity index (χ2v) is 4.04. The number of aliphatic hydroxyl groups is 1. The Morgan fingerprint density at radius 3 is 2.72 bits per heavy atom. The van der Waals surface area contributed by atoms with Gasteiger partial charge in [-0.1, -0.05) is 12.1 Å². The Morgan fingerprint density at radius 2 is 2.06 bits per heavy atom. The van der Waals surface area contributed by atoms with E-state index >= 15 is 0 Å². The Morgan fingerprint density at radius 1 is 1.28 bits per heavy atom. The predicted molar refractivity (Wildman–Crippen MR) is 69.5 cm³/mol. The summed E-state index contributed by atoms with van der Waals surface area (Å²) in [7, 11) is 0. The van der Waals surface area contributed by atoms with E-state index < -0.39 is 0 Å². The average molecular weight is 246 g/mol. The van der Waals surface area contributed by atoms with Crippen molar-refractivity contribution >= 4 is 0 Å². The minimum Gasteiger partial charge on any atom is -0.486 e. The van der Waals surface area contributed by atoms with Gasteiger partial charge in [0.15, 0.2) is 0 Å². The van der Waals surface area contributed by atoms with E-state index in [4.69, 9.17) is 9.84 Å². The largest absolute Gasteiger partial charge is 0.486 e. The third-order valence-corrected chi connectivity index (χ3v) is 2.83. The minimum absolute atomic E-state index is 0.175. The molecule has 0 aliphatic heterocycles. The number of benzene rings is 1. The Labute approximate surface area is 107 Å². The van der Waals surface area contributed by atoms with Gasteiger partial charge in [0, 0.05) is 25.5 Å². The second-order valence-electron chi connectivity index (χ2n) is 4.04. The zero-order chi connectivity index (χ0) is 12.8. The molecule has 2 rings (SSSR count). The molecule has 1 heterocycles. The van der Waals surface area contributed by atoms with Gasteiger partial charge in [-0.3, -0.25) is 0 Å². The quantitative estimate of drug-likeness (QED) is 0.848. The van der Waals surface area contributed by atoms with Gasteiger partial charge in [0.25, 0.3) is 0 Å². The van der Waals surface area contributed by atoms with Crippen molar-refractivity contribution in [3.05, 3.63) is 48.0 Å². The van der Waals surface area contributed by atoms with Crippen molar-refractivity contribution in [2.24, 2.45) is 0 Å². The van der Waals surface area contributed by atoms with E-state index in [1.807, 2.05) is 30.5 Å². The smallest absolute Gasteiger partial charge is 0.146 e. The van der Waals surface area contributed by atoms with Crippen molar-refractivity contribution < 1.29 is 9.84 Å². The van der Waals surface area contributed by atoms with Gasteiger partial charge in [-0.15, -0.1) is 0 Å². The molecule has 96 valence electrons. The van der Waals surface area contributed by atoms with Gasteiger partial charge in [0.2, 0.25) is 0 Å². The van der Waals surface area contributed by atoms with E-state index in [0.29, 0.717) is 13.0 Å². The fraction of sp³-hybridized carbons (Fsp3) is 0.357. The molecule has 0 aliphatic rings. The van der Waals surface area contributed by atoms with Gasteiger partial charge >= 0.3 is 0 Å².